The van der Waals surface area contributed by atoms with Crippen LogP contribution in [0.3, 0.4) is 0 Å². The van der Waals surface area contributed by atoms with Crippen molar-refractivity contribution >= 4 is 16.2 Å². The Kier molecular flexibility index (Phi) is 5.37. The largest absolute Gasteiger partial charge is 0.459 e. The number of carbonyl (C=O) groups is 1. The maximum absolute atomic E-state index is 11.5. The molecule has 1 atom stereocenters. The third-order valence-corrected chi connectivity index (χ3v) is 2.76. The van der Waals surface area contributed by atoms with E-state index in [1.165, 1.54) is 6.92 Å². The van der Waals surface area contributed by atoms with Crippen LogP contribution in [0.4, 0.5) is 0 Å². The normalized spacial score (nSPS) is 14.6. The van der Waals surface area contributed by atoms with Crippen LogP contribution in [-0.4, -0.2) is 32.6 Å². The number of esters is 1. The highest BCUT2D eigenvalue weighted by Gasteiger charge is 2.24. The second-order valence-corrected chi connectivity index (χ2v) is 5.91. The molecule has 0 rings (SSSR count). The second-order valence-electron chi connectivity index (χ2n) is 4.37. The van der Waals surface area contributed by atoms with Gasteiger partial charge in [-0.1, -0.05) is 6.92 Å². The van der Waals surface area contributed by atoms with E-state index in [-0.39, 0.29) is 6.54 Å². The van der Waals surface area contributed by atoms with Crippen molar-refractivity contribution in [2.75, 3.05) is 6.54 Å². The predicted molar refractivity (Wildman–Crippen MR) is 61.0 cm³/mol. The Balaban J connectivity index is 4.37. The topological polar surface area (TPSA) is 84.5 Å². The molecule has 6 nitrogen and oxygen atoms in total. The summed E-state index contributed by atoms with van der Waals surface area (Å²) in [5, 5.41) is 0. The van der Waals surface area contributed by atoms with Gasteiger partial charge in [0.25, 0.3) is 10.2 Å². The standard InChI is InChI=1S/C9H20N2O4S/c1-6-10-16(13,14)11-7(2)8(12)15-9(3,4)5/h7,10-11H,6H2,1-5H3/t7-/m0/s1. The average molecular weight is 252 g/mol. The second kappa shape index (κ2) is 5.60. The molecule has 0 aromatic rings. The lowest BCUT2D eigenvalue weighted by Crippen LogP contribution is -2.46. The monoisotopic (exact) mass is 252 g/mol. The number of hydrogen-bond acceptors (Lipinski definition) is 4. The van der Waals surface area contributed by atoms with Crippen LogP contribution in [0.2, 0.25) is 0 Å². The molecule has 2 N–H and O–H groups in total. The van der Waals surface area contributed by atoms with Crippen molar-refractivity contribution < 1.29 is 17.9 Å². The molecule has 0 heterocycles. The van der Waals surface area contributed by atoms with Crippen molar-refractivity contribution in [1.82, 2.24) is 9.44 Å². The van der Waals surface area contributed by atoms with Crippen molar-refractivity contribution in [3.8, 4) is 0 Å². The lowest BCUT2D eigenvalue weighted by molar-refractivity contribution is -0.156. The lowest BCUT2D eigenvalue weighted by Gasteiger charge is -2.22. The van der Waals surface area contributed by atoms with E-state index in [2.05, 4.69) is 9.44 Å². The van der Waals surface area contributed by atoms with Gasteiger partial charge in [0.15, 0.2) is 0 Å². The number of ether oxygens (including phenoxy) is 1. The maximum Gasteiger partial charge on any atom is 0.324 e. The van der Waals surface area contributed by atoms with Crippen LogP contribution in [0.15, 0.2) is 0 Å². The highest BCUT2D eigenvalue weighted by molar-refractivity contribution is 7.87. The molecule has 0 aliphatic rings. The molecular weight excluding hydrogens is 232 g/mol. The van der Waals surface area contributed by atoms with Crippen molar-refractivity contribution in [3.63, 3.8) is 0 Å². The minimum Gasteiger partial charge on any atom is -0.459 e. The first-order valence-corrected chi connectivity index (χ1v) is 6.55. The third-order valence-electron chi connectivity index (χ3n) is 1.43. The predicted octanol–water partition coefficient (Wildman–Crippen LogP) is 0.161. The molecule has 0 fully saturated rings. The van der Waals surface area contributed by atoms with Gasteiger partial charge in [-0.3, -0.25) is 4.79 Å². The van der Waals surface area contributed by atoms with Crippen LogP contribution in [0, 0.1) is 0 Å². The number of carbonyl (C=O) groups excluding carboxylic acids is 1. The highest BCUT2D eigenvalue weighted by Crippen LogP contribution is 2.08. The van der Waals surface area contributed by atoms with E-state index in [4.69, 9.17) is 4.74 Å². The van der Waals surface area contributed by atoms with Crippen LogP contribution >= 0.6 is 0 Å². The van der Waals surface area contributed by atoms with Gasteiger partial charge in [-0.2, -0.15) is 13.1 Å². The van der Waals surface area contributed by atoms with Crippen molar-refractivity contribution in [2.24, 2.45) is 0 Å². The smallest absolute Gasteiger partial charge is 0.324 e. The molecule has 96 valence electrons. The summed E-state index contributed by atoms with van der Waals surface area (Å²) in [6.07, 6.45) is 0. The fourth-order valence-electron chi connectivity index (χ4n) is 0.903. The number of hydrogen-bond donors (Lipinski definition) is 2. The summed E-state index contributed by atoms with van der Waals surface area (Å²) in [5.41, 5.74) is -0.630. The molecule has 0 saturated heterocycles. The van der Waals surface area contributed by atoms with E-state index in [1.54, 1.807) is 27.7 Å². The van der Waals surface area contributed by atoms with E-state index in [0.717, 1.165) is 0 Å². The molecule has 0 saturated carbocycles. The minimum absolute atomic E-state index is 0.260. The summed E-state index contributed by atoms with van der Waals surface area (Å²) < 4.78 is 32.0. The Hall–Kier alpha value is -0.660. The van der Waals surface area contributed by atoms with Crippen molar-refractivity contribution in [1.29, 1.82) is 0 Å². The summed E-state index contributed by atoms with van der Waals surface area (Å²) in [7, 11) is -3.63. The molecular formula is C9H20N2O4S. The first-order valence-electron chi connectivity index (χ1n) is 5.07. The minimum atomic E-state index is -3.63. The Morgan fingerprint density at radius 2 is 1.88 bits per heavy atom. The molecule has 0 aliphatic carbocycles. The Labute approximate surface area is 96.9 Å². The van der Waals surface area contributed by atoms with Crippen molar-refractivity contribution in [2.45, 2.75) is 46.3 Å². The molecule has 0 bridgehead atoms. The molecule has 7 heteroatoms. The SMILES string of the molecule is CCNS(=O)(=O)N[C@@H](C)C(=O)OC(C)(C)C. The summed E-state index contributed by atoms with van der Waals surface area (Å²) >= 11 is 0. The molecule has 0 unspecified atom stereocenters. The third kappa shape index (κ3) is 6.76. The van der Waals surface area contributed by atoms with E-state index in [1.807, 2.05) is 0 Å². The first kappa shape index (κ1) is 15.3. The zero-order valence-electron chi connectivity index (χ0n) is 10.3. The zero-order chi connectivity index (χ0) is 13.0. The maximum atomic E-state index is 11.5. The molecule has 0 radical (unpaired) electrons. The summed E-state index contributed by atoms with van der Waals surface area (Å²) in [4.78, 5) is 11.5. The van der Waals surface area contributed by atoms with Gasteiger partial charge < -0.3 is 4.74 Å². The fraction of sp³-hybridized carbons (Fsp3) is 0.889. The summed E-state index contributed by atoms with van der Waals surface area (Å²) in [6, 6.07) is -0.914. The van der Waals surface area contributed by atoms with Gasteiger partial charge in [0.1, 0.15) is 11.6 Å². The summed E-state index contributed by atoms with van der Waals surface area (Å²) in [5.74, 6) is -0.603. The first-order chi connectivity index (χ1) is 7.07. The Bertz CT molecular complexity index is 332. The van der Waals surface area contributed by atoms with Crippen LogP contribution in [0.25, 0.3) is 0 Å². The molecule has 0 amide bonds. The summed E-state index contributed by atoms with van der Waals surface area (Å²) in [6.45, 7) is 8.50. The molecule has 0 aromatic carbocycles. The van der Waals surface area contributed by atoms with Gasteiger partial charge in [-0.05, 0) is 27.7 Å². The zero-order valence-corrected chi connectivity index (χ0v) is 11.1. The van der Waals surface area contributed by atoms with Crippen LogP contribution < -0.4 is 9.44 Å². The fourth-order valence-corrected chi connectivity index (χ4v) is 1.93. The van der Waals surface area contributed by atoms with Gasteiger partial charge in [-0.25, -0.2) is 4.72 Å². The van der Waals surface area contributed by atoms with Crippen LogP contribution in [-0.2, 0) is 19.7 Å². The molecule has 0 spiro atoms. The molecule has 0 aromatic heterocycles. The van der Waals surface area contributed by atoms with Crippen molar-refractivity contribution in [3.05, 3.63) is 0 Å². The molecule has 0 aliphatic heterocycles. The van der Waals surface area contributed by atoms with Gasteiger partial charge in [-0.15, -0.1) is 0 Å². The van der Waals surface area contributed by atoms with Gasteiger partial charge in [0, 0.05) is 6.54 Å². The number of nitrogens with one attached hydrogen (secondary N) is 2. The Morgan fingerprint density at radius 1 is 1.38 bits per heavy atom. The Morgan fingerprint density at radius 3 is 2.25 bits per heavy atom. The molecule has 16 heavy (non-hydrogen) atoms. The van der Waals surface area contributed by atoms with Gasteiger partial charge in [0.05, 0.1) is 0 Å². The quantitative estimate of drug-likeness (QED) is 0.683. The van der Waals surface area contributed by atoms with E-state index in [0.29, 0.717) is 0 Å². The van der Waals surface area contributed by atoms with E-state index in [9.17, 15) is 13.2 Å². The van der Waals surface area contributed by atoms with Crippen LogP contribution in [0.1, 0.15) is 34.6 Å². The van der Waals surface area contributed by atoms with Gasteiger partial charge in [0.2, 0.25) is 0 Å². The van der Waals surface area contributed by atoms with Gasteiger partial charge >= 0.3 is 5.97 Å². The van der Waals surface area contributed by atoms with E-state index < -0.39 is 27.8 Å². The number of rotatable bonds is 5. The van der Waals surface area contributed by atoms with E-state index >= 15 is 0 Å². The lowest BCUT2D eigenvalue weighted by atomic mass is 10.2. The van der Waals surface area contributed by atoms with Crippen LogP contribution in [0.5, 0.6) is 0 Å². The highest BCUT2D eigenvalue weighted by atomic mass is 32.2. The average Bonchev–Trinajstić information content (AvgIpc) is 1.99.